The Hall–Kier alpha value is -2.70. The maximum absolute atomic E-state index is 12.7. The molecule has 5 nitrogen and oxygen atoms in total. The Morgan fingerprint density at radius 3 is 2.46 bits per heavy atom. The lowest BCUT2D eigenvalue weighted by Crippen LogP contribution is -2.32. The van der Waals surface area contributed by atoms with Gasteiger partial charge in [-0.1, -0.05) is 41.9 Å². The second-order valence-electron chi connectivity index (χ2n) is 5.46. The molecule has 7 heteroatoms. The van der Waals surface area contributed by atoms with Crippen molar-refractivity contribution in [3.63, 3.8) is 0 Å². The number of rotatable bonds is 6. The highest BCUT2D eigenvalue weighted by molar-refractivity contribution is 7.13. The first-order valence-corrected chi connectivity index (χ1v) is 9.18. The maximum atomic E-state index is 12.7. The smallest absolute Gasteiger partial charge is 0.242 e. The molecule has 0 saturated carbocycles. The van der Waals surface area contributed by atoms with Crippen molar-refractivity contribution in [3.05, 3.63) is 76.8 Å². The number of thiazole rings is 1. The molecule has 0 aliphatic carbocycles. The van der Waals surface area contributed by atoms with Gasteiger partial charge in [-0.05, 0) is 29.8 Å². The van der Waals surface area contributed by atoms with E-state index in [9.17, 15) is 9.59 Å². The van der Waals surface area contributed by atoms with Crippen LogP contribution in [-0.4, -0.2) is 16.8 Å². The van der Waals surface area contributed by atoms with Crippen molar-refractivity contribution < 1.29 is 9.59 Å². The number of hydrogen-bond donors (Lipinski definition) is 1. The van der Waals surface area contributed by atoms with Gasteiger partial charge in [-0.3, -0.25) is 14.5 Å². The van der Waals surface area contributed by atoms with Gasteiger partial charge in [0.05, 0.1) is 5.69 Å². The van der Waals surface area contributed by atoms with Gasteiger partial charge < -0.3 is 5.32 Å². The molecule has 132 valence electrons. The van der Waals surface area contributed by atoms with Gasteiger partial charge in [-0.25, -0.2) is 4.98 Å². The standard InChI is InChI=1S/C19H16ClN3O2S/c20-15-6-8-16(9-7-15)23(19-21-10-11-26-19)18(25)12-17(24)22-13-14-4-2-1-3-5-14/h1-11H,12-13H2,(H,22,24). The van der Waals surface area contributed by atoms with E-state index in [4.69, 9.17) is 11.6 Å². The third-order valence-electron chi connectivity index (χ3n) is 3.59. The fourth-order valence-electron chi connectivity index (χ4n) is 2.35. The van der Waals surface area contributed by atoms with Gasteiger partial charge >= 0.3 is 0 Å². The van der Waals surface area contributed by atoms with Gasteiger partial charge in [0.15, 0.2) is 5.13 Å². The van der Waals surface area contributed by atoms with E-state index >= 15 is 0 Å². The zero-order valence-electron chi connectivity index (χ0n) is 13.8. The molecule has 0 aliphatic heterocycles. The Balaban J connectivity index is 1.69. The predicted octanol–water partition coefficient (Wildman–Crippen LogP) is 4.17. The van der Waals surface area contributed by atoms with Gasteiger partial charge in [0, 0.05) is 23.1 Å². The molecule has 0 bridgehead atoms. The van der Waals surface area contributed by atoms with Crippen LogP contribution in [0, 0.1) is 0 Å². The predicted molar refractivity (Wildman–Crippen MR) is 104 cm³/mol. The quantitative estimate of drug-likeness (QED) is 0.648. The normalized spacial score (nSPS) is 10.3. The van der Waals surface area contributed by atoms with Crippen molar-refractivity contribution >= 4 is 45.6 Å². The summed E-state index contributed by atoms with van der Waals surface area (Å²) in [5.74, 6) is -0.692. The molecule has 0 fully saturated rings. The minimum absolute atomic E-state index is 0.269. The topological polar surface area (TPSA) is 62.3 Å². The molecule has 0 aliphatic rings. The lowest BCUT2D eigenvalue weighted by atomic mass is 10.2. The highest BCUT2D eigenvalue weighted by atomic mass is 35.5. The molecule has 0 radical (unpaired) electrons. The van der Waals surface area contributed by atoms with Gasteiger partial charge in [0.25, 0.3) is 0 Å². The molecule has 0 atom stereocenters. The second kappa shape index (κ2) is 8.60. The highest BCUT2D eigenvalue weighted by Crippen LogP contribution is 2.29. The van der Waals surface area contributed by atoms with Gasteiger partial charge in [-0.2, -0.15) is 0 Å². The fraction of sp³-hybridized carbons (Fsp3) is 0.105. The van der Waals surface area contributed by atoms with Crippen LogP contribution in [-0.2, 0) is 16.1 Å². The number of aromatic nitrogens is 1. The van der Waals surface area contributed by atoms with Crippen molar-refractivity contribution in [3.8, 4) is 0 Å². The van der Waals surface area contributed by atoms with Crippen molar-refractivity contribution in [1.29, 1.82) is 0 Å². The van der Waals surface area contributed by atoms with Gasteiger partial charge in [0.1, 0.15) is 6.42 Å². The van der Waals surface area contributed by atoms with E-state index in [2.05, 4.69) is 10.3 Å². The molecular formula is C19H16ClN3O2S. The Bertz CT molecular complexity index is 868. The van der Waals surface area contributed by atoms with Crippen LogP contribution in [0.15, 0.2) is 66.2 Å². The molecular weight excluding hydrogens is 370 g/mol. The van der Waals surface area contributed by atoms with E-state index in [1.807, 2.05) is 30.3 Å². The molecule has 1 N–H and O–H groups in total. The van der Waals surface area contributed by atoms with Crippen LogP contribution in [0.25, 0.3) is 0 Å². The number of carbonyl (C=O) groups is 2. The lowest BCUT2D eigenvalue weighted by molar-refractivity contribution is -0.127. The largest absolute Gasteiger partial charge is 0.352 e. The maximum Gasteiger partial charge on any atom is 0.242 e. The number of halogens is 1. The number of anilines is 2. The van der Waals surface area contributed by atoms with Crippen LogP contribution in [0.3, 0.4) is 0 Å². The monoisotopic (exact) mass is 385 g/mol. The summed E-state index contributed by atoms with van der Waals surface area (Å²) in [6.45, 7) is 0.380. The van der Waals surface area contributed by atoms with Crippen LogP contribution < -0.4 is 10.2 Å². The van der Waals surface area contributed by atoms with E-state index in [1.54, 1.807) is 35.8 Å². The van der Waals surface area contributed by atoms with E-state index in [1.165, 1.54) is 16.2 Å². The number of hydrogen-bond acceptors (Lipinski definition) is 4. The molecule has 2 aromatic carbocycles. The average molecular weight is 386 g/mol. The van der Waals surface area contributed by atoms with E-state index < -0.39 is 0 Å². The Morgan fingerprint density at radius 1 is 1.08 bits per heavy atom. The number of nitrogens with one attached hydrogen (secondary N) is 1. The van der Waals surface area contributed by atoms with Crippen molar-refractivity contribution in [2.24, 2.45) is 0 Å². The SMILES string of the molecule is O=C(CC(=O)N(c1ccc(Cl)cc1)c1nccs1)NCc1ccccc1. The first kappa shape index (κ1) is 18.1. The lowest BCUT2D eigenvalue weighted by Gasteiger charge is -2.20. The van der Waals surface area contributed by atoms with Crippen molar-refractivity contribution in [1.82, 2.24) is 10.3 Å². The van der Waals surface area contributed by atoms with Crippen LogP contribution in [0.4, 0.5) is 10.8 Å². The third-order valence-corrected chi connectivity index (χ3v) is 4.60. The summed E-state index contributed by atoms with van der Waals surface area (Å²) in [6, 6.07) is 16.4. The first-order chi connectivity index (χ1) is 12.6. The summed E-state index contributed by atoms with van der Waals surface area (Å²) in [5, 5.41) is 5.62. The van der Waals surface area contributed by atoms with E-state index in [0.29, 0.717) is 22.4 Å². The summed E-state index contributed by atoms with van der Waals surface area (Å²) in [4.78, 5) is 30.6. The highest BCUT2D eigenvalue weighted by Gasteiger charge is 2.22. The first-order valence-electron chi connectivity index (χ1n) is 7.92. The Labute approximate surface area is 160 Å². The molecule has 1 heterocycles. The van der Waals surface area contributed by atoms with Crippen molar-refractivity contribution in [2.75, 3.05) is 4.90 Å². The van der Waals surface area contributed by atoms with E-state index in [0.717, 1.165) is 5.56 Å². The summed E-state index contributed by atoms with van der Waals surface area (Å²) in [5.41, 5.74) is 1.59. The Kier molecular flexibility index (Phi) is 5.99. The van der Waals surface area contributed by atoms with Crippen LogP contribution in [0.5, 0.6) is 0 Å². The minimum atomic E-state index is -0.354. The number of nitrogens with zero attached hydrogens (tertiary/aromatic N) is 2. The molecule has 26 heavy (non-hydrogen) atoms. The van der Waals surface area contributed by atoms with Crippen LogP contribution >= 0.6 is 22.9 Å². The van der Waals surface area contributed by atoms with Gasteiger partial charge in [0.2, 0.25) is 11.8 Å². The van der Waals surface area contributed by atoms with E-state index in [-0.39, 0.29) is 18.2 Å². The summed E-state index contributed by atoms with van der Waals surface area (Å²) in [6.07, 6.45) is 1.35. The molecule has 1 aromatic heterocycles. The Morgan fingerprint density at radius 2 is 1.81 bits per heavy atom. The van der Waals surface area contributed by atoms with Crippen LogP contribution in [0.1, 0.15) is 12.0 Å². The number of carbonyl (C=O) groups excluding carboxylic acids is 2. The summed E-state index contributed by atoms with van der Waals surface area (Å²) < 4.78 is 0. The van der Waals surface area contributed by atoms with Crippen LogP contribution in [0.2, 0.25) is 5.02 Å². The summed E-state index contributed by atoms with van der Waals surface area (Å²) >= 11 is 7.25. The summed E-state index contributed by atoms with van der Waals surface area (Å²) in [7, 11) is 0. The van der Waals surface area contributed by atoms with Crippen molar-refractivity contribution in [2.45, 2.75) is 13.0 Å². The average Bonchev–Trinajstić information content (AvgIpc) is 3.17. The zero-order chi connectivity index (χ0) is 18.4. The number of amides is 2. The molecule has 3 rings (SSSR count). The molecule has 0 saturated heterocycles. The second-order valence-corrected chi connectivity index (χ2v) is 6.77. The molecule has 2 amide bonds. The molecule has 0 unspecified atom stereocenters. The fourth-order valence-corrected chi connectivity index (χ4v) is 3.16. The molecule has 3 aromatic rings. The minimum Gasteiger partial charge on any atom is -0.352 e. The van der Waals surface area contributed by atoms with Gasteiger partial charge in [-0.15, -0.1) is 11.3 Å². The number of benzene rings is 2. The third kappa shape index (κ3) is 4.68. The molecule has 0 spiro atoms. The zero-order valence-corrected chi connectivity index (χ0v) is 15.3.